The van der Waals surface area contributed by atoms with Crippen LogP contribution in [-0.2, 0) is 4.74 Å². The lowest BCUT2D eigenvalue weighted by molar-refractivity contribution is 0.185. The Morgan fingerprint density at radius 3 is 2.82 bits per heavy atom. The third-order valence-electron chi connectivity index (χ3n) is 1.56. The average Bonchev–Trinajstić information content (AvgIpc) is 2.01. The van der Waals surface area contributed by atoms with Crippen molar-refractivity contribution in [3.05, 3.63) is 0 Å². The van der Waals surface area contributed by atoms with Crippen molar-refractivity contribution in [2.75, 3.05) is 24.7 Å². The van der Waals surface area contributed by atoms with Crippen LogP contribution in [0.15, 0.2) is 0 Å². The molecule has 0 radical (unpaired) electrons. The van der Waals surface area contributed by atoms with Gasteiger partial charge in [0, 0.05) is 24.2 Å². The fraction of sp³-hybridized carbons (Fsp3) is 1.00. The monoisotopic (exact) mass is 271 g/mol. The van der Waals surface area contributed by atoms with E-state index in [4.69, 9.17) is 4.74 Å². The van der Waals surface area contributed by atoms with Crippen molar-refractivity contribution in [2.45, 2.75) is 25.8 Å². The Morgan fingerprint density at radius 1 is 1.55 bits per heavy atom. The van der Waals surface area contributed by atoms with Crippen LogP contribution in [0.25, 0.3) is 0 Å². The molecule has 0 bridgehead atoms. The van der Waals surface area contributed by atoms with Crippen LogP contribution in [-0.4, -0.2) is 30.7 Å². The van der Waals surface area contributed by atoms with E-state index in [0.717, 1.165) is 19.6 Å². The summed E-state index contributed by atoms with van der Waals surface area (Å²) in [5.74, 6) is 0. The Bertz CT molecular complexity index is 80.5. The van der Waals surface area contributed by atoms with Gasteiger partial charge in [0.15, 0.2) is 0 Å². The third-order valence-corrected chi connectivity index (χ3v) is 2.32. The molecule has 0 amide bonds. The summed E-state index contributed by atoms with van der Waals surface area (Å²) in [5.41, 5.74) is 0. The summed E-state index contributed by atoms with van der Waals surface area (Å²) in [7, 11) is 1.75. The molecule has 0 aliphatic carbocycles. The average molecular weight is 271 g/mol. The summed E-state index contributed by atoms with van der Waals surface area (Å²) in [4.78, 5) is 0. The summed E-state index contributed by atoms with van der Waals surface area (Å²) < 4.78 is 6.22. The molecule has 0 aromatic carbocycles. The molecule has 0 spiro atoms. The minimum Gasteiger partial charge on any atom is -0.385 e. The number of halogens is 1. The van der Waals surface area contributed by atoms with Crippen LogP contribution in [0.3, 0.4) is 0 Å². The SMILES string of the molecule is COCCC(C)NCCCI. The second-order valence-electron chi connectivity index (χ2n) is 2.68. The van der Waals surface area contributed by atoms with Crippen LogP contribution in [0.2, 0.25) is 0 Å². The molecule has 0 fully saturated rings. The number of hydrogen-bond donors (Lipinski definition) is 1. The van der Waals surface area contributed by atoms with Gasteiger partial charge in [-0.1, -0.05) is 22.6 Å². The number of ether oxygens (including phenoxy) is 1. The highest BCUT2D eigenvalue weighted by atomic mass is 127. The molecule has 0 saturated carbocycles. The van der Waals surface area contributed by atoms with E-state index < -0.39 is 0 Å². The topological polar surface area (TPSA) is 21.3 Å². The molecule has 0 aliphatic rings. The normalized spacial score (nSPS) is 13.4. The van der Waals surface area contributed by atoms with Gasteiger partial charge >= 0.3 is 0 Å². The zero-order valence-electron chi connectivity index (χ0n) is 7.40. The molecule has 1 unspecified atom stereocenters. The van der Waals surface area contributed by atoms with E-state index in [9.17, 15) is 0 Å². The summed E-state index contributed by atoms with van der Waals surface area (Å²) >= 11 is 2.40. The summed E-state index contributed by atoms with van der Waals surface area (Å²) in [6, 6.07) is 0.595. The standard InChI is InChI=1S/C8H18INO/c1-8(4-7-11-2)10-6-3-5-9/h8,10H,3-7H2,1-2H3. The number of rotatable bonds is 7. The van der Waals surface area contributed by atoms with Crippen LogP contribution in [0, 0.1) is 0 Å². The van der Waals surface area contributed by atoms with Gasteiger partial charge in [-0.05, 0) is 26.3 Å². The summed E-state index contributed by atoms with van der Waals surface area (Å²) in [5, 5.41) is 3.43. The van der Waals surface area contributed by atoms with Gasteiger partial charge < -0.3 is 10.1 Å². The maximum Gasteiger partial charge on any atom is 0.0476 e. The predicted octanol–water partition coefficient (Wildman–Crippen LogP) is 1.83. The molecule has 0 heterocycles. The first-order chi connectivity index (χ1) is 5.31. The highest BCUT2D eigenvalue weighted by molar-refractivity contribution is 14.1. The van der Waals surface area contributed by atoms with E-state index in [1.807, 2.05) is 0 Å². The number of methoxy groups -OCH3 is 1. The first kappa shape index (κ1) is 11.6. The molecular formula is C8H18INO. The quantitative estimate of drug-likeness (QED) is 0.433. The van der Waals surface area contributed by atoms with Crippen LogP contribution in [0.4, 0.5) is 0 Å². The minimum atomic E-state index is 0.595. The van der Waals surface area contributed by atoms with Gasteiger partial charge in [0.25, 0.3) is 0 Å². The molecular weight excluding hydrogens is 253 g/mol. The van der Waals surface area contributed by atoms with Crippen LogP contribution in [0.5, 0.6) is 0 Å². The van der Waals surface area contributed by atoms with Crippen molar-refractivity contribution >= 4 is 22.6 Å². The van der Waals surface area contributed by atoms with Crippen molar-refractivity contribution in [1.29, 1.82) is 0 Å². The van der Waals surface area contributed by atoms with Gasteiger partial charge in [-0.15, -0.1) is 0 Å². The van der Waals surface area contributed by atoms with Gasteiger partial charge in [-0.3, -0.25) is 0 Å². The minimum absolute atomic E-state index is 0.595. The molecule has 68 valence electrons. The summed E-state index contributed by atoms with van der Waals surface area (Å²) in [6.07, 6.45) is 2.37. The molecule has 1 atom stereocenters. The Hall–Kier alpha value is 0.650. The van der Waals surface area contributed by atoms with Gasteiger partial charge in [-0.2, -0.15) is 0 Å². The van der Waals surface area contributed by atoms with Crippen molar-refractivity contribution in [2.24, 2.45) is 0 Å². The fourth-order valence-corrected chi connectivity index (χ4v) is 1.19. The Balaban J connectivity index is 3.02. The van der Waals surface area contributed by atoms with Gasteiger partial charge in [-0.25, -0.2) is 0 Å². The van der Waals surface area contributed by atoms with E-state index in [1.165, 1.54) is 10.8 Å². The number of hydrogen-bond acceptors (Lipinski definition) is 2. The maximum atomic E-state index is 4.98. The molecule has 11 heavy (non-hydrogen) atoms. The Morgan fingerprint density at radius 2 is 2.27 bits per heavy atom. The fourth-order valence-electron chi connectivity index (χ4n) is 0.812. The number of nitrogens with one attached hydrogen (secondary N) is 1. The Kier molecular flexibility index (Phi) is 9.26. The molecule has 0 aromatic rings. The van der Waals surface area contributed by atoms with Gasteiger partial charge in [0.2, 0.25) is 0 Å². The molecule has 2 nitrogen and oxygen atoms in total. The lowest BCUT2D eigenvalue weighted by Gasteiger charge is -2.11. The first-order valence-corrected chi connectivity index (χ1v) is 5.62. The van der Waals surface area contributed by atoms with Crippen molar-refractivity contribution in [1.82, 2.24) is 5.32 Å². The van der Waals surface area contributed by atoms with E-state index in [2.05, 4.69) is 34.8 Å². The highest BCUT2D eigenvalue weighted by Gasteiger charge is 1.98. The molecule has 0 aliphatic heterocycles. The van der Waals surface area contributed by atoms with Crippen LogP contribution in [0.1, 0.15) is 19.8 Å². The van der Waals surface area contributed by atoms with E-state index in [-0.39, 0.29) is 0 Å². The molecule has 0 saturated heterocycles. The first-order valence-electron chi connectivity index (χ1n) is 4.09. The van der Waals surface area contributed by atoms with E-state index >= 15 is 0 Å². The third kappa shape index (κ3) is 8.56. The molecule has 0 aromatic heterocycles. The smallest absolute Gasteiger partial charge is 0.0476 e. The number of alkyl halides is 1. The lowest BCUT2D eigenvalue weighted by Crippen LogP contribution is -2.28. The molecule has 0 rings (SSSR count). The van der Waals surface area contributed by atoms with E-state index in [1.54, 1.807) is 7.11 Å². The van der Waals surface area contributed by atoms with Crippen molar-refractivity contribution < 1.29 is 4.74 Å². The maximum absolute atomic E-state index is 4.98. The lowest BCUT2D eigenvalue weighted by atomic mass is 10.2. The largest absolute Gasteiger partial charge is 0.385 e. The van der Waals surface area contributed by atoms with Gasteiger partial charge in [0.05, 0.1) is 0 Å². The zero-order valence-corrected chi connectivity index (χ0v) is 9.56. The summed E-state index contributed by atoms with van der Waals surface area (Å²) in [6.45, 7) is 4.19. The highest BCUT2D eigenvalue weighted by Crippen LogP contribution is 1.92. The van der Waals surface area contributed by atoms with E-state index in [0.29, 0.717) is 6.04 Å². The Labute approximate surface area is 83.2 Å². The molecule has 1 N–H and O–H groups in total. The van der Waals surface area contributed by atoms with Crippen LogP contribution >= 0.6 is 22.6 Å². The molecule has 3 heteroatoms. The van der Waals surface area contributed by atoms with Crippen molar-refractivity contribution in [3.8, 4) is 0 Å². The van der Waals surface area contributed by atoms with Crippen molar-refractivity contribution in [3.63, 3.8) is 0 Å². The second kappa shape index (κ2) is 8.74. The predicted molar refractivity (Wildman–Crippen MR) is 57.5 cm³/mol. The zero-order chi connectivity index (χ0) is 8.53. The second-order valence-corrected chi connectivity index (χ2v) is 3.76. The van der Waals surface area contributed by atoms with Gasteiger partial charge in [0.1, 0.15) is 0 Å². The van der Waals surface area contributed by atoms with Crippen LogP contribution < -0.4 is 5.32 Å².